The maximum atomic E-state index is 12.7. The molecule has 150 valence electrons. The number of furan rings is 1. The molecular formula is C20H16F3N3O2S. The van der Waals surface area contributed by atoms with Crippen LogP contribution in [0.5, 0.6) is 0 Å². The zero-order chi connectivity index (χ0) is 20.3. The highest BCUT2D eigenvalue weighted by Crippen LogP contribution is 2.30. The zero-order valence-corrected chi connectivity index (χ0v) is 15.9. The molecule has 0 spiro atoms. The van der Waals surface area contributed by atoms with Gasteiger partial charge in [-0.2, -0.15) is 18.2 Å². The molecular weight excluding hydrogens is 403 g/mol. The van der Waals surface area contributed by atoms with Gasteiger partial charge >= 0.3 is 6.18 Å². The molecule has 29 heavy (non-hydrogen) atoms. The van der Waals surface area contributed by atoms with Crippen molar-refractivity contribution < 1.29 is 22.1 Å². The summed E-state index contributed by atoms with van der Waals surface area (Å²) in [7, 11) is 0. The van der Waals surface area contributed by atoms with Gasteiger partial charge in [0.05, 0.1) is 24.9 Å². The lowest BCUT2D eigenvalue weighted by Gasteiger charge is -2.18. The second-order valence-electron chi connectivity index (χ2n) is 6.39. The maximum absolute atomic E-state index is 12.7. The Balaban J connectivity index is 1.49. The lowest BCUT2D eigenvalue weighted by Crippen LogP contribution is -2.21. The second kappa shape index (κ2) is 8.22. The van der Waals surface area contributed by atoms with Gasteiger partial charge in [0.1, 0.15) is 5.76 Å². The van der Waals surface area contributed by atoms with Crippen molar-refractivity contribution in [1.82, 2.24) is 15.0 Å². The van der Waals surface area contributed by atoms with E-state index in [1.165, 1.54) is 17.0 Å². The number of halogens is 3. The average molecular weight is 419 g/mol. The van der Waals surface area contributed by atoms with Crippen LogP contribution in [0.3, 0.4) is 0 Å². The average Bonchev–Trinajstić information content (AvgIpc) is 3.44. The first-order chi connectivity index (χ1) is 14.0. The molecule has 0 aliphatic carbocycles. The van der Waals surface area contributed by atoms with E-state index in [2.05, 4.69) is 15.0 Å². The fourth-order valence-electron chi connectivity index (χ4n) is 2.85. The van der Waals surface area contributed by atoms with Crippen LogP contribution in [0.15, 0.2) is 69.1 Å². The third kappa shape index (κ3) is 4.93. The molecule has 0 atom stereocenters. The van der Waals surface area contributed by atoms with Gasteiger partial charge < -0.3 is 8.94 Å². The molecule has 3 aromatic heterocycles. The van der Waals surface area contributed by atoms with E-state index in [0.717, 1.165) is 17.9 Å². The van der Waals surface area contributed by atoms with E-state index >= 15 is 0 Å². The zero-order valence-electron chi connectivity index (χ0n) is 15.1. The third-order valence-corrected chi connectivity index (χ3v) is 5.08. The molecule has 0 fully saturated rings. The number of alkyl halides is 3. The Labute approximate surface area is 168 Å². The van der Waals surface area contributed by atoms with Crippen LogP contribution in [0, 0.1) is 0 Å². The fraction of sp³-hybridized carbons (Fsp3) is 0.200. The van der Waals surface area contributed by atoms with Crippen molar-refractivity contribution in [2.75, 3.05) is 0 Å². The molecule has 0 unspecified atom stereocenters. The van der Waals surface area contributed by atoms with Crippen LogP contribution in [0.1, 0.15) is 22.1 Å². The van der Waals surface area contributed by atoms with Crippen molar-refractivity contribution >= 4 is 11.3 Å². The first-order valence-corrected chi connectivity index (χ1v) is 9.63. The predicted molar refractivity (Wildman–Crippen MR) is 101 cm³/mol. The van der Waals surface area contributed by atoms with Crippen LogP contribution in [-0.4, -0.2) is 15.0 Å². The van der Waals surface area contributed by atoms with Gasteiger partial charge in [-0.15, -0.1) is 11.3 Å². The van der Waals surface area contributed by atoms with E-state index in [0.29, 0.717) is 31.1 Å². The molecule has 5 nitrogen and oxygen atoms in total. The number of hydrogen-bond donors (Lipinski definition) is 0. The van der Waals surface area contributed by atoms with Gasteiger partial charge in [-0.1, -0.05) is 23.4 Å². The van der Waals surface area contributed by atoms with Crippen LogP contribution in [-0.2, 0) is 25.8 Å². The summed E-state index contributed by atoms with van der Waals surface area (Å²) >= 11 is 1.65. The van der Waals surface area contributed by atoms with Crippen molar-refractivity contribution in [3.8, 4) is 11.4 Å². The van der Waals surface area contributed by atoms with Crippen molar-refractivity contribution in [2.24, 2.45) is 0 Å². The molecule has 0 N–H and O–H groups in total. The highest BCUT2D eigenvalue weighted by molar-refractivity contribution is 7.09. The molecule has 4 aromatic rings. The monoisotopic (exact) mass is 419 g/mol. The minimum atomic E-state index is -4.38. The first-order valence-electron chi connectivity index (χ1n) is 8.75. The lowest BCUT2D eigenvalue weighted by molar-refractivity contribution is -0.137. The van der Waals surface area contributed by atoms with Crippen LogP contribution < -0.4 is 0 Å². The molecule has 0 amide bonds. The maximum Gasteiger partial charge on any atom is 0.416 e. The summed E-state index contributed by atoms with van der Waals surface area (Å²) in [6.45, 7) is 1.62. The standard InChI is InChI=1S/C20H16F3N3O2S/c21-20(22,23)15-7-5-14(6-8-15)19-24-18(28-25-19)13-26(11-16-3-1-9-27-16)12-17-4-2-10-29-17/h1-10H,11-13H2. The summed E-state index contributed by atoms with van der Waals surface area (Å²) in [5.74, 6) is 1.44. The Hall–Kier alpha value is -2.91. The molecule has 9 heteroatoms. The SMILES string of the molecule is FC(F)(F)c1ccc(-c2noc(CN(Cc3ccco3)Cc3cccs3)n2)cc1. The highest BCUT2D eigenvalue weighted by Gasteiger charge is 2.30. The lowest BCUT2D eigenvalue weighted by atomic mass is 10.1. The van der Waals surface area contributed by atoms with Gasteiger partial charge in [0.2, 0.25) is 11.7 Å². The molecule has 0 aliphatic rings. The van der Waals surface area contributed by atoms with Crippen molar-refractivity contribution in [2.45, 2.75) is 25.8 Å². The summed E-state index contributed by atoms with van der Waals surface area (Å²) in [6, 6.07) is 12.4. The van der Waals surface area contributed by atoms with Gasteiger partial charge in [0, 0.05) is 17.0 Å². The summed E-state index contributed by atoms with van der Waals surface area (Å²) in [4.78, 5) is 7.61. The number of benzene rings is 1. The number of rotatable bonds is 7. The Morgan fingerprint density at radius 1 is 0.966 bits per heavy atom. The molecule has 1 aromatic carbocycles. The van der Waals surface area contributed by atoms with E-state index in [9.17, 15) is 13.2 Å². The van der Waals surface area contributed by atoms with E-state index in [1.54, 1.807) is 17.6 Å². The molecule has 0 aliphatic heterocycles. The predicted octanol–water partition coefficient (Wildman–Crippen LogP) is 5.61. The largest absolute Gasteiger partial charge is 0.468 e. The van der Waals surface area contributed by atoms with Crippen LogP contribution in [0.2, 0.25) is 0 Å². The summed E-state index contributed by atoms with van der Waals surface area (Å²) in [5.41, 5.74) is -0.255. The fourth-order valence-corrected chi connectivity index (χ4v) is 3.60. The molecule has 0 bridgehead atoms. The number of hydrogen-bond acceptors (Lipinski definition) is 6. The van der Waals surface area contributed by atoms with Crippen molar-refractivity contribution in [3.05, 3.63) is 82.3 Å². The summed E-state index contributed by atoms with van der Waals surface area (Å²) < 4.78 is 48.9. The normalized spacial score (nSPS) is 12.0. The van der Waals surface area contributed by atoms with Gasteiger partial charge in [0.15, 0.2) is 0 Å². The van der Waals surface area contributed by atoms with Crippen LogP contribution >= 0.6 is 11.3 Å². The van der Waals surface area contributed by atoms with Crippen LogP contribution in [0.4, 0.5) is 13.2 Å². The van der Waals surface area contributed by atoms with Gasteiger partial charge in [-0.25, -0.2) is 0 Å². The Bertz CT molecular complexity index is 990. The quantitative estimate of drug-likeness (QED) is 0.390. The van der Waals surface area contributed by atoms with Gasteiger partial charge in [-0.3, -0.25) is 4.90 Å². The second-order valence-corrected chi connectivity index (χ2v) is 7.42. The Morgan fingerprint density at radius 2 is 1.79 bits per heavy atom. The third-order valence-electron chi connectivity index (χ3n) is 4.22. The van der Waals surface area contributed by atoms with Crippen molar-refractivity contribution in [3.63, 3.8) is 0 Å². The first kappa shape index (κ1) is 19.4. The smallest absolute Gasteiger partial charge is 0.416 e. The van der Waals surface area contributed by atoms with Crippen LogP contribution in [0.25, 0.3) is 11.4 Å². The molecule has 0 radical (unpaired) electrons. The summed E-state index contributed by atoms with van der Waals surface area (Å²) in [6.07, 6.45) is -2.76. The number of nitrogens with zero attached hydrogens (tertiary/aromatic N) is 3. The van der Waals surface area contributed by atoms with E-state index in [4.69, 9.17) is 8.94 Å². The van der Waals surface area contributed by atoms with Gasteiger partial charge in [-0.05, 0) is 35.7 Å². The number of thiophene rings is 1. The minimum absolute atomic E-state index is 0.253. The highest BCUT2D eigenvalue weighted by atomic mass is 32.1. The Kier molecular flexibility index (Phi) is 5.50. The Morgan fingerprint density at radius 3 is 2.45 bits per heavy atom. The summed E-state index contributed by atoms with van der Waals surface area (Å²) in [5, 5.41) is 5.92. The molecule has 3 heterocycles. The van der Waals surface area contributed by atoms with Gasteiger partial charge in [0.25, 0.3) is 0 Å². The topological polar surface area (TPSA) is 55.3 Å². The molecule has 0 saturated carbocycles. The molecule has 4 rings (SSSR count). The van der Waals surface area contributed by atoms with E-state index in [-0.39, 0.29) is 5.82 Å². The van der Waals surface area contributed by atoms with Crippen molar-refractivity contribution in [1.29, 1.82) is 0 Å². The molecule has 0 saturated heterocycles. The van der Waals surface area contributed by atoms with E-state index < -0.39 is 11.7 Å². The van der Waals surface area contributed by atoms with E-state index in [1.807, 2.05) is 29.6 Å². The minimum Gasteiger partial charge on any atom is -0.468 e. The number of aromatic nitrogens is 2.